The Hall–Kier alpha value is -2.76. The van der Waals surface area contributed by atoms with Crippen LogP contribution in [0.4, 0.5) is 0 Å². The number of amides is 2. The van der Waals surface area contributed by atoms with Crippen molar-refractivity contribution in [1.82, 2.24) is 24.9 Å². The number of sulfonamides is 1. The van der Waals surface area contributed by atoms with Crippen molar-refractivity contribution in [3.05, 3.63) is 46.5 Å². The van der Waals surface area contributed by atoms with Gasteiger partial charge in [-0.25, -0.2) is 8.42 Å². The topological polar surface area (TPSA) is 113 Å². The van der Waals surface area contributed by atoms with Crippen LogP contribution >= 0.6 is 11.3 Å². The summed E-state index contributed by atoms with van der Waals surface area (Å²) in [6.07, 6.45) is 0. The molecule has 0 bridgehead atoms. The van der Waals surface area contributed by atoms with Crippen molar-refractivity contribution in [2.75, 3.05) is 13.1 Å². The van der Waals surface area contributed by atoms with Crippen LogP contribution in [0.1, 0.15) is 53.4 Å². The van der Waals surface area contributed by atoms with E-state index in [-0.39, 0.29) is 10.5 Å². The van der Waals surface area contributed by atoms with Crippen LogP contribution in [0.15, 0.2) is 35.2 Å². The third-order valence-electron chi connectivity index (χ3n) is 5.10. The lowest BCUT2D eigenvalue weighted by Gasteiger charge is -2.18. The number of nitrogens with one attached hydrogen (secondary N) is 2. The molecule has 0 unspecified atom stereocenters. The fourth-order valence-corrected chi connectivity index (χ4v) is 6.02. The number of nitrogens with zero attached hydrogens (tertiary/aromatic N) is 3. The molecule has 178 valence electrons. The van der Waals surface area contributed by atoms with E-state index in [0.29, 0.717) is 23.9 Å². The summed E-state index contributed by atoms with van der Waals surface area (Å²) in [5, 5.41) is 5.44. The molecule has 33 heavy (non-hydrogen) atoms. The van der Waals surface area contributed by atoms with Gasteiger partial charge in [-0.05, 0) is 37.1 Å². The van der Waals surface area contributed by atoms with E-state index in [9.17, 15) is 18.0 Å². The van der Waals surface area contributed by atoms with Crippen LogP contribution in [0.25, 0.3) is 10.2 Å². The van der Waals surface area contributed by atoms with Gasteiger partial charge in [-0.1, -0.05) is 33.8 Å². The zero-order chi connectivity index (χ0) is 24.3. The number of benzene rings is 1. The van der Waals surface area contributed by atoms with Crippen LogP contribution in [-0.2, 0) is 16.6 Å². The molecule has 2 aromatic heterocycles. The number of carbonyl (C=O) groups is 2. The summed E-state index contributed by atoms with van der Waals surface area (Å²) < 4.78 is 28.7. The molecule has 3 aromatic rings. The van der Waals surface area contributed by atoms with Crippen molar-refractivity contribution in [2.45, 2.75) is 46.1 Å². The van der Waals surface area contributed by atoms with E-state index in [1.165, 1.54) is 39.9 Å². The second kappa shape index (κ2) is 10.0. The number of aromatic nitrogens is 2. The van der Waals surface area contributed by atoms with Gasteiger partial charge in [-0.15, -0.1) is 11.3 Å². The van der Waals surface area contributed by atoms with E-state index >= 15 is 0 Å². The second-order valence-corrected chi connectivity index (χ2v) is 11.0. The maximum atomic E-state index is 12.7. The van der Waals surface area contributed by atoms with Gasteiger partial charge in [0, 0.05) is 30.6 Å². The van der Waals surface area contributed by atoms with Gasteiger partial charge in [0.25, 0.3) is 11.8 Å². The normalized spacial score (nSPS) is 12.0. The fraction of sp³-hybridized carbons (Fsp3) is 0.409. The number of thiophene rings is 1. The van der Waals surface area contributed by atoms with Gasteiger partial charge in [0.2, 0.25) is 10.0 Å². The Morgan fingerprint density at radius 2 is 1.79 bits per heavy atom. The largest absolute Gasteiger partial charge is 0.279 e. The van der Waals surface area contributed by atoms with Gasteiger partial charge in [-0.3, -0.25) is 25.1 Å². The standard InChI is InChI=1S/C22H29N5O4S2/c1-6-26(7-2)33(30,31)17-10-8-9-16(11-17)20(28)23-24-21(29)19-12-18-15(5)25-27(13-14(3)4)22(18)32-19/h8-12,14H,6-7,13H2,1-5H3,(H,23,28)(H,24,29). The van der Waals surface area contributed by atoms with E-state index in [0.717, 1.165) is 22.5 Å². The van der Waals surface area contributed by atoms with E-state index in [2.05, 4.69) is 29.8 Å². The zero-order valence-corrected chi connectivity index (χ0v) is 21.0. The number of hydrogen-bond acceptors (Lipinski definition) is 6. The molecule has 0 atom stereocenters. The fourth-order valence-electron chi connectivity index (χ4n) is 3.45. The van der Waals surface area contributed by atoms with Crippen molar-refractivity contribution >= 4 is 43.4 Å². The predicted molar refractivity (Wildman–Crippen MR) is 129 cm³/mol. The summed E-state index contributed by atoms with van der Waals surface area (Å²) in [5.74, 6) is -0.650. The minimum Gasteiger partial charge on any atom is -0.267 e. The number of hydrogen-bond donors (Lipinski definition) is 2. The summed E-state index contributed by atoms with van der Waals surface area (Å²) in [6.45, 7) is 11.0. The lowest BCUT2D eigenvalue weighted by Crippen LogP contribution is -2.41. The summed E-state index contributed by atoms with van der Waals surface area (Å²) in [4.78, 5) is 26.6. The molecule has 0 aliphatic heterocycles. The van der Waals surface area contributed by atoms with Crippen molar-refractivity contribution in [3.63, 3.8) is 0 Å². The Bertz CT molecular complexity index is 1270. The minimum absolute atomic E-state index is 0.0277. The summed E-state index contributed by atoms with van der Waals surface area (Å²) in [5.41, 5.74) is 5.75. The molecular weight excluding hydrogens is 462 g/mol. The molecule has 0 radical (unpaired) electrons. The van der Waals surface area contributed by atoms with Crippen LogP contribution in [0.2, 0.25) is 0 Å². The summed E-state index contributed by atoms with van der Waals surface area (Å²) >= 11 is 1.31. The Balaban J connectivity index is 1.73. The third kappa shape index (κ3) is 5.26. The number of hydrazine groups is 1. The Morgan fingerprint density at radius 3 is 2.42 bits per heavy atom. The first kappa shape index (κ1) is 24.9. The van der Waals surface area contributed by atoms with Gasteiger partial charge in [-0.2, -0.15) is 9.40 Å². The molecule has 0 aliphatic rings. The molecular formula is C22H29N5O4S2. The van der Waals surface area contributed by atoms with Gasteiger partial charge in [0.05, 0.1) is 15.5 Å². The summed E-state index contributed by atoms with van der Waals surface area (Å²) in [6, 6.07) is 7.51. The van der Waals surface area contributed by atoms with E-state index in [1.54, 1.807) is 19.9 Å². The lowest BCUT2D eigenvalue weighted by molar-refractivity contribution is 0.0849. The van der Waals surface area contributed by atoms with Gasteiger partial charge in [0.15, 0.2) is 0 Å². The Kier molecular flexibility index (Phi) is 7.55. The lowest BCUT2D eigenvalue weighted by atomic mass is 10.2. The summed E-state index contributed by atoms with van der Waals surface area (Å²) in [7, 11) is -3.70. The average molecular weight is 492 g/mol. The van der Waals surface area contributed by atoms with E-state index < -0.39 is 21.8 Å². The SMILES string of the molecule is CCN(CC)S(=O)(=O)c1cccc(C(=O)NNC(=O)c2cc3c(C)nn(CC(C)C)c3s2)c1. The highest BCUT2D eigenvalue weighted by Gasteiger charge is 2.23. The van der Waals surface area contributed by atoms with Crippen molar-refractivity contribution in [3.8, 4) is 0 Å². The van der Waals surface area contributed by atoms with E-state index in [1.807, 2.05) is 11.6 Å². The smallest absolute Gasteiger partial charge is 0.267 e. The maximum absolute atomic E-state index is 12.7. The van der Waals surface area contributed by atoms with Crippen LogP contribution < -0.4 is 10.9 Å². The number of aryl methyl sites for hydroxylation is 1. The molecule has 2 heterocycles. The first-order chi connectivity index (χ1) is 15.6. The molecule has 0 spiro atoms. The highest BCUT2D eigenvalue weighted by atomic mass is 32.2. The van der Waals surface area contributed by atoms with Crippen LogP contribution in [0.5, 0.6) is 0 Å². The molecule has 0 aliphatic carbocycles. The first-order valence-corrected chi connectivity index (χ1v) is 13.0. The molecule has 3 rings (SSSR count). The maximum Gasteiger partial charge on any atom is 0.279 e. The molecule has 9 nitrogen and oxygen atoms in total. The molecule has 2 N–H and O–H groups in total. The van der Waals surface area contributed by atoms with Gasteiger partial charge in [0.1, 0.15) is 4.83 Å². The molecule has 2 amide bonds. The van der Waals surface area contributed by atoms with Crippen molar-refractivity contribution in [2.24, 2.45) is 5.92 Å². The molecule has 0 saturated heterocycles. The first-order valence-electron chi connectivity index (χ1n) is 10.8. The minimum atomic E-state index is -3.70. The van der Waals surface area contributed by atoms with Crippen molar-refractivity contribution in [1.29, 1.82) is 0 Å². The monoisotopic (exact) mass is 491 g/mol. The van der Waals surface area contributed by atoms with Gasteiger partial charge >= 0.3 is 0 Å². The van der Waals surface area contributed by atoms with Crippen LogP contribution in [-0.4, -0.2) is 47.4 Å². The zero-order valence-electron chi connectivity index (χ0n) is 19.4. The highest BCUT2D eigenvalue weighted by molar-refractivity contribution is 7.89. The number of rotatable bonds is 8. The Labute approximate surface area is 197 Å². The quantitative estimate of drug-likeness (QED) is 0.470. The average Bonchev–Trinajstić information content (AvgIpc) is 3.33. The van der Waals surface area contributed by atoms with Crippen molar-refractivity contribution < 1.29 is 18.0 Å². The predicted octanol–water partition coefficient (Wildman–Crippen LogP) is 3.17. The van der Waals surface area contributed by atoms with Crippen LogP contribution in [0, 0.1) is 12.8 Å². The molecule has 11 heteroatoms. The molecule has 0 saturated carbocycles. The Morgan fingerprint density at radius 1 is 1.12 bits per heavy atom. The third-order valence-corrected chi connectivity index (χ3v) is 8.29. The number of fused-ring (bicyclic) bond motifs is 1. The molecule has 1 aromatic carbocycles. The number of carbonyl (C=O) groups excluding carboxylic acids is 2. The van der Waals surface area contributed by atoms with Gasteiger partial charge < -0.3 is 0 Å². The second-order valence-electron chi connectivity index (χ2n) is 8.02. The highest BCUT2D eigenvalue weighted by Crippen LogP contribution is 2.28. The van der Waals surface area contributed by atoms with E-state index in [4.69, 9.17) is 0 Å². The van der Waals surface area contributed by atoms with Crippen LogP contribution in [0.3, 0.4) is 0 Å². The molecule has 0 fully saturated rings.